The molecule has 4 heterocycles. The van der Waals surface area contributed by atoms with Crippen LogP contribution < -0.4 is 4.74 Å². The fraction of sp³-hybridized carbons (Fsp3) is 0.722. The SMILES string of the molecule is Fc1cccnc1OC1CCOC2(C1)CN(CC1CCOCC1)C2. The summed E-state index contributed by atoms with van der Waals surface area (Å²) in [5.74, 6) is 0.458. The summed E-state index contributed by atoms with van der Waals surface area (Å²) < 4.78 is 31.0. The van der Waals surface area contributed by atoms with Gasteiger partial charge in [-0.1, -0.05) is 0 Å². The van der Waals surface area contributed by atoms with Crippen LogP contribution in [0.15, 0.2) is 18.3 Å². The average molecular weight is 336 g/mol. The molecule has 0 radical (unpaired) electrons. The Bertz CT molecular complexity index is 559. The zero-order valence-corrected chi connectivity index (χ0v) is 14.0. The normalized spacial score (nSPS) is 27.8. The lowest BCUT2D eigenvalue weighted by molar-refractivity contribution is -0.189. The van der Waals surface area contributed by atoms with Gasteiger partial charge in [0.15, 0.2) is 5.82 Å². The number of ether oxygens (including phenoxy) is 3. The summed E-state index contributed by atoms with van der Waals surface area (Å²) in [5.41, 5.74) is -0.112. The minimum atomic E-state index is -0.396. The van der Waals surface area contributed by atoms with E-state index in [1.165, 1.54) is 6.07 Å². The minimum Gasteiger partial charge on any atom is -0.472 e. The number of pyridine rings is 1. The second-order valence-electron chi connectivity index (χ2n) is 7.28. The van der Waals surface area contributed by atoms with Crippen molar-refractivity contribution in [2.75, 3.05) is 39.5 Å². The van der Waals surface area contributed by atoms with E-state index in [2.05, 4.69) is 9.88 Å². The van der Waals surface area contributed by atoms with E-state index in [-0.39, 0.29) is 17.6 Å². The van der Waals surface area contributed by atoms with E-state index < -0.39 is 5.82 Å². The number of halogens is 1. The standard InChI is InChI=1S/C18H25FN2O3/c19-16-2-1-6-20-17(16)24-15-5-9-23-18(10-15)12-21(13-18)11-14-3-7-22-8-4-14/h1-2,6,14-15H,3-5,7-13H2. The summed E-state index contributed by atoms with van der Waals surface area (Å²) in [6.45, 7) is 5.50. The largest absolute Gasteiger partial charge is 0.472 e. The molecule has 6 heteroatoms. The summed E-state index contributed by atoms with van der Waals surface area (Å²) in [6.07, 6.45) is 5.47. The summed E-state index contributed by atoms with van der Waals surface area (Å²) in [7, 11) is 0. The molecule has 0 bridgehead atoms. The first-order valence-electron chi connectivity index (χ1n) is 8.94. The maximum atomic E-state index is 13.7. The Labute approximate surface area is 142 Å². The number of hydrogen-bond donors (Lipinski definition) is 0. The monoisotopic (exact) mass is 336 g/mol. The Hall–Kier alpha value is -1.24. The van der Waals surface area contributed by atoms with Gasteiger partial charge in [-0.05, 0) is 30.9 Å². The van der Waals surface area contributed by atoms with Gasteiger partial charge in [0.05, 0.1) is 12.2 Å². The summed E-state index contributed by atoms with van der Waals surface area (Å²) in [5, 5.41) is 0. The number of aromatic nitrogens is 1. The van der Waals surface area contributed by atoms with Crippen LogP contribution in [0, 0.1) is 11.7 Å². The van der Waals surface area contributed by atoms with Crippen molar-refractivity contribution in [1.82, 2.24) is 9.88 Å². The third-order valence-corrected chi connectivity index (χ3v) is 5.33. The molecular formula is C18H25FN2O3. The molecule has 1 aromatic rings. The van der Waals surface area contributed by atoms with E-state index in [1.807, 2.05) is 0 Å². The fourth-order valence-electron chi connectivity index (χ4n) is 4.11. The molecule has 0 N–H and O–H groups in total. The van der Waals surface area contributed by atoms with Gasteiger partial charge in [-0.15, -0.1) is 0 Å². The molecule has 1 aromatic heterocycles. The van der Waals surface area contributed by atoms with E-state index in [4.69, 9.17) is 14.2 Å². The van der Waals surface area contributed by atoms with Crippen LogP contribution in [0.5, 0.6) is 5.88 Å². The zero-order chi connectivity index (χ0) is 16.4. The molecule has 1 unspecified atom stereocenters. The topological polar surface area (TPSA) is 43.8 Å². The van der Waals surface area contributed by atoms with Crippen LogP contribution in [0.3, 0.4) is 0 Å². The van der Waals surface area contributed by atoms with Gasteiger partial charge < -0.3 is 14.2 Å². The van der Waals surface area contributed by atoms with E-state index in [9.17, 15) is 4.39 Å². The fourth-order valence-corrected chi connectivity index (χ4v) is 4.11. The maximum Gasteiger partial charge on any atom is 0.250 e. The number of likely N-dealkylation sites (tertiary alicyclic amines) is 1. The Morgan fingerprint density at radius 3 is 2.88 bits per heavy atom. The molecule has 1 atom stereocenters. The van der Waals surface area contributed by atoms with Crippen LogP contribution in [0.4, 0.5) is 4.39 Å². The minimum absolute atomic E-state index is 0.0200. The van der Waals surface area contributed by atoms with E-state index in [0.717, 1.165) is 64.4 Å². The van der Waals surface area contributed by atoms with Crippen molar-refractivity contribution in [3.63, 3.8) is 0 Å². The number of rotatable bonds is 4. The molecule has 0 amide bonds. The van der Waals surface area contributed by atoms with Gasteiger partial charge in [0.1, 0.15) is 6.10 Å². The first-order valence-corrected chi connectivity index (χ1v) is 8.94. The predicted molar refractivity (Wildman–Crippen MR) is 86.5 cm³/mol. The van der Waals surface area contributed by atoms with Gasteiger partial charge in [0.2, 0.25) is 0 Å². The highest BCUT2D eigenvalue weighted by atomic mass is 19.1. The lowest BCUT2D eigenvalue weighted by Crippen LogP contribution is -2.66. The third-order valence-electron chi connectivity index (χ3n) is 5.33. The van der Waals surface area contributed by atoms with Crippen LogP contribution in [-0.2, 0) is 9.47 Å². The van der Waals surface area contributed by atoms with Crippen molar-refractivity contribution in [1.29, 1.82) is 0 Å². The second-order valence-corrected chi connectivity index (χ2v) is 7.28. The number of hydrogen-bond acceptors (Lipinski definition) is 5. The van der Waals surface area contributed by atoms with Crippen molar-refractivity contribution in [3.8, 4) is 5.88 Å². The number of nitrogens with zero attached hydrogens (tertiary/aromatic N) is 2. The van der Waals surface area contributed by atoms with Gasteiger partial charge >= 0.3 is 0 Å². The Balaban J connectivity index is 1.29. The molecule has 132 valence electrons. The smallest absolute Gasteiger partial charge is 0.250 e. The van der Waals surface area contributed by atoms with Gasteiger partial charge in [0, 0.05) is 51.9 Å². The molecule has 1 spiro atoms. The van der Waals surface area contributed by atoms with E-state index in [1.54, 1.807) is 12.3 Å². The summed E-state index contributed by atoms with van der Waals surface area (Å²) in [4.78, 5) is 6.47. The highest BCUT2D eigenvalue weighted by molar-refractivity contribution is 5.14. The Kier molecular flexibility index (Phi) is 4.70. The van der Waals surface area contributed by atoms with Crippen LogP contribution in [0.1, 0.15) is 25.7 Å². The van der Waals surface area contributed by atoms with Gasteiger partial charge in [-0.3, -0.25) is 4.90 Å². The van der Waals surface area contributed by atoms with Crippen molar-refractivity contribution in [2.45, 2.75) is 37.4 Å². The molecule has 24 heavy (non-hydrogen) atoms. The van der Waals surface area contributed by atoms with Gasteiger partial charge in [-0.2, -0.15) is 0 Å². The maximum absolute atomic E-state index is 13.7. The second kappa shape index (κ2) is 6.94. The molecular weight excluding hydrogens is 311 g/mol. The Morgan fingerprint density at radius 1 is 1.25 bits per heavy atom. The zero-order valence-electron chi connectivity index (χ0n) is 14.0. The van der Waals surface area contributed by atoms with Gasteiger partial charge in [0.25, 0.3) is 5.88 Å². The first-order chi connectivity index (χ1) is 11.7. The summed E-state index contributed by atoms with van der Waals surface area (Å²) in [6, 6.07) is 2.96. The van der Waals surface area contributed by atoms with Crippen molar-refractivity contribution in [2.24, 2.45) is 5.92 Å². The van der Waals surface area contributed by atoms with Gasteiger partial charge in [-0.25, -0.2) is 9.37 Å². The third kappa shape index (κ3) is 3.55. The molecule has 3 saturated heterocycles. The lowest BCUT2D eigenvalue weighted by Gasteiger charge is -2.53. The molecule has 0 saturated carbocycles. The highest BCUT2D eigenvalue weighted by Crippen LogP contribution is 2.36. The first kappa shape index (κ1) is 16.2. The Morgan fingerprint density at radius 2 is 2.08 bits per heavy atom. The molecule has 3 aliphatic rings. The van der Waals surface area contributed by atoms with Crippen LogP contribution >= 0.6 is 0 Å². The van der Waals surface area contributed by atoms with Crippen molar-refractivity contribution < 1.29 is 18.6 Å². The predicted octanol–water partition coefficient (Wildman–Crippen LogP) is 2.26. The van der Waals surface area contributed by atoms with Crippen LogP contribution in [-0.4, -0.2) is 61.0 Å². The molecule has 5 nitrogen and oxygen atoms in total. The van der Waals surface area contributed by atoms with E-state index in [0.29, 0.717) is 6.61 Å². The summed E-state index contributed by atoms with van der Waals surface area (Å²) >= 11 is 0. The van der Waals surface area contributed by atoms with E-state index >= 15 is 0 Å². The quantitative estimate of drug-likeness (QED) is 0.844. The molecule has 0 aromatic carbocycles. The van der Waals surface area contributed by atoms with Crippen molar-refractivity contribution >= 4 is 0 Å². The average Bonchev–Trinajstić information content (AvgIpc) is 2.57. The molecule has 3 fully saturated rings. The molecule has 0 aliphatic carbocycles. The van der Waals surface area contributed by atoms with Crippen LogP contribution in [0.25, 0.3) is 0 Å². The van der Waals surface area contributed by atoms with Crippen LogP contribution in [0.2, 0.25) is 0 Å². The van der Waals surface area contributed by atoms with Crippen molar-refractivity contribution in [3.05, 3.63) is 24.1 Å². The molecule has 4 rings (SSSR count). The lowest BCUT2D eigenvalue weighted by atomic mass is 9.83. The molecule has 3 aliphatic heterocycles. The highest BCUT2D eigenvalue weighted by Gasteiger charge is 2.48.